The van der Waals surface area contributed by atoms with E-state index in [-0.39, 0.29) is 0 Å². The summed E-state index contributed by atoms with van der Waals surface area (Å²) in [5, 5.41) is 1.38. The van der Waals surface area contributed by atoms with Crippen LogP contribution in [0.3, 0.4) is 0 Å². The van der Waals surface area contributed by atoms with Crippen molar-refractivity contribution in [2.75, 3.05) is 0 Å². The Kier molecular flexibility index (Phi) is 4.62. The Morgan fingerprint density at radius 2 is 1.69 bits per heavy atom. The second kappa shape index (κ2) is 6.92. The van der Waals surface area contributed by atoms with Gasteiger partial charge in [0, 0.05) is 12.7 Å². The third-order valence-electron chi connectivity index (χ3n) is 4.25. The van der Waals surface area contributed by atoms with Gasteiger partial charge >= 0.3 is 0 Å². The highest BCUT2D eigenvalue weighted by molar-refractivity contribution is 6.42. The first-order chi connectivity index (χ1) is 12.5. The largest absolute Gasteiger partial charge is 0.319 e. The molecule has 0 unspecified atom stereocenters. The lowest BCUT2D eigenvalue weighted by Crippen LogP contribution is -2.03. The summed E-state index contributed by atoms with van der Waals surface area (Å²) in [7, 11) is 0. The highest BCUT2D eigenvalue weighted by Crippen LogP contribution is 2.33. The molecule has 2 heterocycles. The number of hydrogen-bond donors (Lipinski definition) is 0. The number of rotatable bonds is 3. The van der Waals surface area contributed by atoms with Crippen molar-refractivity contribution in [3.05, 3.63) is 81.1 Å². The lowest BCUT2D eigenvalue weighted by atomic mass is 10.1. The van der Waals surface area contributed by atoms with Gasteiger partial charge in [-0.25, -0.2) is 9.97 Å². The van der Waals surface area contributed by atoms with Crippen molar-refractivity contribution >= 4 is 45.8 Å². The van der Waals surface area contributed by atoms with Crippen LogP contribution in [0, 0.1) is 6.92 Å². The van der Waals surface area contributed by atoms with Crippen molar-refractivity contribution < 1.29 is 0 Å². The van der Waals surface area contributed by atoms with E-state index in [1.807, 2.05) is 18.2 Å². The molecule has 0 amide bonds. The summed E-state index contributed by atoms with van der Waals surface area (Å²) in [5.74, 6) is 0.733. The molecule has 2 aromatic heterocycles. The van der Waals surface area contributed by atoms with E-state index in [0.717, 1.165) is 28.0 Å². The maximum atomic E-state index is 6.33. The Hall–Kier alpha value is -2.07. The van der Waals surface area contributed by atoms with Gasteiger partial charge in [0.25, 0.3) is 0 Å². The van der Waals surface area contributed by atoms with Crippen LogP contribution in [0.25, 0.3) is 22.4 Å². The van der Waals surface area contributed by atoms with Crippen molar-refractivity contribution in [1.29, 1.82) is 0 Å². The van der Waals surface area contributed by atoms with Gasteiger partial charge in [0.1, 0.15) is 11.0 Å². The Morgan fingerprint density at radius 1 is 0.962 bits per heavy atom. The number of aryl methyl sites for hydroxylation is 1. The van der Waals surface area contributed by atoms with Gasteiger partial charge in [-0.1, -0.05) is 64.6 Å². The lowest BCUT2D eigenvalue weighted by molar-refractivity contribution is 0.833. The molecule has 0 aliphatic carbocycles. The van der Waals surface area contributed by atoms with Crippen molar-refractivity contribution in [3.8, 4) is 11.4 Å². The molecular formula is C20H14Cl3N3. The molecule has 3 nitrogen and oxygen atoms in total. The smallest absolute Gasteiger partial charge is 0.144 e. The predicted octanol–water partition coefficient (Wildman–Crippen LogP) is 6.42. The van der Waals surface area contributed by atoms with Gasteiger partial charge in [-0.2, -0.15) is 0 Å². The topological polar surface area (TPSA) is 30.7 Å². The average molecular weight is 403 g/mol. The van der Waals surface area contributed by atoms with Crippen LogP contribution >= 0.6 is 34.8 Å². The second-order valence-corrected chi connectivity index (χ2v) is 7.28. The molecule has 0 N–H and O–H groups in total. The fraction of sp³-hybridized carbons (Fsp3) is 0.100. The van der Waals surface area contributed by atoms with E-state index in [1.165, 1.54) is 5.56 Å². The number of aromatic nitrogens is 3. The molecular weight excluding hydrogens is 389 g/mol. The Bertz CT molecular complexity index is 1100. The predicted molar refractivity (Wildman–Crippen MR) is 108 cm³/mol. The van der Waals surface area contributed by atoms with Gasteiger partial charge in [-0.15, -0.1) is 0 Å². The summed E-state index contributed by atoms with van der Waals surface area (Å²) in [6.45, 7) is 2.70. The molecule has 0 atom stereocenters. The van der Waals surface area contributed by atoms with Crippen molar-refractivity contribution in [1.82, 2.24) is 14.5 Å². The molecule has 0 aliphatic heterocycles. The standard InChI is InChI=1S/C20H14Cl3N3/c1-12-4-6-13(7-5-12)11-26-18-10-16(22)15(21)9-17(18)25-20(26)14-3-2-8-24-19(14)23/h2-10H,11H2,1H3. The van der Waals surface area contributed by atoms with E-state index in [9.17, 15) is 0 Å². The fourth-order valence-electron chi connectivity index (χ4n) is 2.91. The zero-order valence-electron chi connectivity index (χ0n) is 13.9. The minimum atomic E-state index is 0.408. The number of benzene rings is 2. The normalized spacial score (nSPS) is 11.2. The van der Waals surface area contributed by atoms with Gasteiger partial charge in [0.2, 0.25) is 0 Å². The van der Waals surface area contributed by atoms with Crippen LogP contribution < -0.4 is 0 Å². The first kappa shape index (κ1) is 17.3. The Morgan fingerprint density at radius 3 is 2.42 bits per heavy atom. The van der Waals surface area contributed by atoms with Crippen LogP contribution in [0.4, 0.5) is 0 Å². The zero-order valence-corrected chi connectivity index (χ0v) is 16.1. The van der Waals surface area contributed by atoms with E-state index < -0.39 is 0 Å². The van der Waals surface area contributed by atoms with Crippen molar-refractivity contribution in [2.45, 2.75) is 13.5 Å². The van der Waals surface area contributed by atoms with E-state index >= 15 is 0 Å². The first-order valence-corrected chi connectivity index (χ1v) is 9.18. The molecule has 0 saturated heterocycles. The summed E-state index contributed by atoms with van der Waals surface area (Å²) in [5.41, 5.74) is 4.80. The van der Waals surface area contributed by atoms with Gasteiger partial charge in [-0.3, -0.25) is 0 Å². The molecule has 0 spiro atoms. The van der Waals surface area contributed by atoms with Gasteiger partial charge < -0.3 is 4.57 Å². The molecule has 0 fully saturated rings. The fourth-order valence-corrected chi connectivity index (χ4v) is 3.43. The second-order valence-electron chi connectivity index (χ2n) is 6.10. The Balaban J connectivity index is 1.95. The molecule has 4 rings (SSSR count). The van der Waals surface area contributed by atoms with Crippen LogP contribution in [0.15, 0.2) is 54.7 Å². The van der Waals surface area contributed by atoms with Crippen LogP contribution in [0.2, 0.25) is 15.2 Å². The number of halogens is 3. The lowest BCUT2D eigenvalue weighted by Gasteiger charge is -2.11. The summed E-state index contributed by atoms with van der Waals surface area (Å²) in [6, 6.07) is 15.8. The summed E-state index contributed by atoms with van der Waals surface area (Å²) >= 11 is 18.8. The van der Waals surface area contributed by atoms with E-state index in [1.54, 1.807) is 12.3 Å². The molecule has 2 aromatic carbocycles. The summed E-state index contributed by atoms with van der Waals surface area (Å²) in [6.07, 6.45) is 1.66. The number of nitrogens with zero attached hydrogens (tertiary/aromatic N) is 3. The third kappa shape index (κ3) is 3.18. The number of pyridine rings is 1. The minimum absolute atomic E-state index is 0.408. The monoisotopic (exact) mass is 401 g/mol. The SMILES string of the molecule is Cc1ccc(Cn2c(-c3cccnc3Cl)nc3cc(Cl)c(Cl)cc32)cc1. The molecule has 0 saturated carbocycles. The Labute approximate surface area is 166 Å². The highest BCUT2D eigenvalue weighted by Gasteiger charge is 2.17. The highest BCUT2D eigenvalue weighted by atomic mass is 35.5. The van der Waals surface area contributed by atoms with Crippen molar-refractivity contribution in [2.24, 2.45) is 0 Å². The van der Waals surface area contributed by atoms with E-state index in [0.29, 0.717) is 21.7 Å². The molecule has 4 aromatic rings. The van der Waals surface area contributed by atoms with Crippen LogP contribution in [0.1, 0.15) is 11.1 Å². The molecule has 0 radical (unpaired) electrons. The number of fused-ring (bicyclic) bond motifs is 1. The minimum Gasteiger partial charge on any atom is -0.319 e. The van der Waals surface area contributed by atoms with Crippen LogP contribution in [0.5, 0.6) is 0 Å². The van der Waals surface area contributed by atoms with Crippen LogP contribution in [-0.4, -0.2) is 14.5 Å². The number of imidazole rings is 1. The summed E-state index contributed by atoms with van der Waals surface area (Å²) in [4.78, 5) is 8.94. The summed E-state index contributed by atoms with van der Waals surface area (Å²) < 4.78 is 2.09. The quantitative estimate of drug-likeness (QED) is 0.370. The maximum Gasteiger partial charge on any atom is 0.144 e. The number of hydrogen-bond acceptors (Lipinski definition) is 2. The zero-order chi connectivity index (χ0) is 18.3. The van der Waals surface area contributed by atoms with Gasteiger partial charge in [-0.05, 0) is 36.8 Å². The van der Waals surface area contributed by atoms with Crippen LogP contribution in [-0.2, 0) is 6.54 Å². The molecule has 6 heteroatoms. The molecule has 0 aliphatic rings. The van der Waals surface area contributed by atoms with E-state index in [2.05, 4.69) is 40.7 Å². The molecule has 130 valence electrons. The van der Waals surface area contributed by atoms with E-state index in [4.69, 9.17) is 39.8 Å². The molecule has 26 heavy (non-hydrogen) atoms. The molecule has 0 bridgehead atoms. The first-order valence-electron chi connectivity index (χ1n) is 8.04. The van der Waals surface area contributed by atoms with Gasteiger partial charge in [0.15, 0.2) is 0 Å². The van der Waals surface area contributed by atoms with Crippen molar-refractivity contribution in [3.63, 3.8) is 0 Å². The third-order valence-corrected chi connectivity index (χ3v) is 5.27. The van der Waals surface area contributed by atoms with Gasteiger partial charge in [0.05, 0.1) is 26.6 Å². The maximum absolute atomic E-state index is 6.33. The average Bonchev–Trinajstić information content (AvgIpc) is 2.95.